The minimum Gasteiger partial charge on any atom is -0.478 e. The van der Waals surface area contributed by atoms with E-state index in [0.717, 1.165) is 5.56 Å². The zero-order valence-electron chi connectivity index (χ0n) is 12.0. The second kappa shape index (κ2) is 6.22. The molecule has 0 aromatic heterocycles. The van der Waals surface area contributed by atoms with E-state index in [9.17, 15) is 14.7 Å². The summed E-state index contributed by atoms with van der Waals surface area (Å²) in [6, 6.07) is 12.2. The molecule has 108 valence electrons. The van der Waals surface area contributed by atoms with E-state index in [-0.39, 0.29) is 11.5 Å². The van der Waals surface area contributed by atoms with Crippen LogP contribution in [0.3, 0.4) is 0 Å². The monoisotopic (exact) mass is 283 g/mol. The maximum absolute atomic E-state index is 12.3. The molecule has 0 heterocycles. The number of carbonyl (C=O) groups excluding carboxylic acids is 1. The first-order valence-electron chi connectivity index (χ1n) is 6.76. The molecular formula is C17H17NO3. The van der Waals surface area contributed by atoms with Crippen molar-refractivity contribution in [3.63, 3.8) is 0 Å². The number of carbonyl (C=O) groups is 2. The SMILES string of the molecule is CCc1ccc(C(=O)O)c(C)c1NC(=O)c1ccccc1. The smallest absolute Gasteiger partial charge is 0.336 e. The minimum absolute atomic E-state index is 0.204. The van der Waals surface area contributed by atoms with Crippen LogP contribution in [0.4, 0.5) is 5.69 Å². The Morgan fingerprint density at radius 2 is 1.76 bits per heavy atom. The highest BCUT2D eigenvalue weighted by Crippen LogP contribution is 2.25. The fourth-order valence-electron chi connectivity index (χ4n) is 2.24. The molecule has 0 fully saturated rings. The van der Waals surface area contributed by atoms with Crippen molar-refractivity contribution in [1.29, 1.82) is 0 Å². The van der Waals surface area contributed by atoms with E-state index in [1.54, 1.807) is 43.3 Å². The minimum atomic E-state index is -0.995. The van der Waals surface area contributed by atoms with Gasteiger partial charge >= 0.3 is 5.97 Å². The summed E-state index contributed by atoms with van der Waals surface area (Å²) < 4.78 is 0. The van der Waals surface area contributed by atoms with Crippen molar-refractivity contribution in [2.24, 2.45) is 0 Å². The second-order valence-corrected chi connectivity index (χ2v) is 4.75. The van der Waals surface area contributed by atoms with Gasteiger partial charge in [0.15, 0.2) is 0 Å². The molecule has 0 aliphatic heterocycles. The molecule has 2 aromatic rings. The van der Waals surface area contributed by atoms with Gasteiger partial charge in [-0.05, 0) is 42.7 Å². The normalized spacial score (nSPS) is 10.2. The van der Waals surface area contributed by atoms with Crippen molar-refractivity contribution in [3.8, 4) is 0 Å². The molecule has 2 rings (SSSR count). The van der Waals surface area contributed by atoms with Crippen LogP contribution in [-0.4, -0.2) is 17.0 Å². The molecule has 0 radical (unpaired) electrons. The molecule has 0 saturated heterocycles. The van der Waals surface area contributed by atoms with Crippen molar-refractivity contribution in [3.05, 3.63) is 64.7 Å². The van der Waals surface area contributed by atoms with Gasteiger partial charge in [0.25, 0.3) is 5.91 Å². The number of aromatic carboxylic acids is 1. The lowest BCUT2D eigenvalue weighted by Gasteiger charge is -2.15. The number of hydrogen-bond acceptors (Lipinski definition) is 2. The first-order valence-corrected chi connectivity index (χ1v) is 6.76. The number of anilines is 1. The molecule has 0 atom stereocenters. The number of rotatable bonds is 4. The van der Waals surface area contributed by atoms with E-state index in [1.165, 1.54) is 0 Å². The quantitative estimate of drug-likeness (QED) is 0.902. The summed E-state index contributed by atoms with van der Waals surface area (Å²) in [6.07, 6.45) is 0.713. The van der Waals surface area contributed by atoms with Crippen LogP contribution in [0.15, 0.2) is 42.5 Å². The van der Waals surface area contributed by atoms with Gasteiger partial charge in [-0.1, -0.05) is 31.2 Å². The molecule has 0 unspecified atom stereocenters. The lowest BCUT2D eigenvalue weighted by Crippen LogP contribution is -2.15. The van der Waals surface area contributed by atoms with Crippen molar-refractivity contribution >= 4 is 17.6 Å². The average molecular weight is 283 g/mol. The summed E-state index contributed by atoms with van der Waals surface area (Å²) in [5.74, 6) is -1.23. The first-order chi connectivity index (χ1) is 10.0. The van der Waals surface area contributed by atoms with Gasteiger partial charge in [-0.15, -0.1) is 0 Å². The zero-order valence-corrected chi connectivity index (χ0v) is 12.0. The van der Waals surface area contributed by atoms with Crippen molar-refractivity contribution in [2.45, 2.75) is 20.3 Å². The Morgan fingerprint density at radius 3 is 2.33 bits per heavy atom. The maximum atomic E-state index is 12.3. The van der Waals surface area contributed by atoms with Crippen LogP contribution >= 0.6 is 0 Å². The second-order valence-electron chi connectivity index (χ2n) is 4.75. The molecule has 2 aromatic carbocycles. The molecule has 0 aliphatic carbocycles. The van der Waals surface area contributed by atoms with Crippen LogP contribution in [0.1, 0.15) is 38.8 Å². The van der Waals surface area contributed by atoms with E-state index in [0.29, 0.717) is 23.2 Å². The van der Waals surface area contributed by atoms with Crippen LogP contribution in [0.25, 0.3) is 0 Å². The third kappa shape index (κ3) is 3.11. The Kier molecular flexibility index (Phi) is 4.38. The van der Waals surface area contributed by atoms with Crippen LogP contribution in [0, 0.1) is 6.92 Å². The molecule has 0 aliphatic rings. The summed E-state index contributed by atoms with van der Waals surface area (Å²) in [7, 11) is 0. The summed E-state index contributed by atoms with van der Waals surface area (Å²) >= 11 is 0. The molecule has 0 spiro atoms. The number of hydrogen-bond donors (Lipinski definition) is 2. The Hall–Kier alpha value is -2.62. The van der Waals surface area contributed by atoms with Crippen LogP contribution in [-0.2, 0) is 6.42 Å². The van der Waals surface area contributed by atoms with Crippen LogP contribution in [0.2, 0.25) is 0 Å². The van der Waals surface area contributed by atoms with Crippen molar-refractivity contribution in [2.75, 3.05) is 5.32 Å². The fraction of sp³-hybridized carbons (Fsp3) is 0.176. The topological polar surface area (TPSA) is 66.4 Å². The molecule has 0 saturated carbocycles. The number of carboxylic acids is 1. The molecule has 21 heavy (non-hydrogen) atoms. The van der Waals surface area contributed by atoms with Gasteiger partial charge in [0.05, 0.1) is 5.56 Å². The summed E-state index contributed by atoms with van der Waals surface area (Å²) in [5, 5.41) is 12.0. The highest BCUT2D eigenvalue weighted by molar-refractivity contribution is 6.06. The van der Waals surface area contributed by atoms with Gasteiger partial charge in [0, 0.05) is 11.3 Å². The summed E-state index contributed by atoms with van der Waals surface area (Å²) in [4.78, 5) is 23.5. The first kappa shape index (κ1) is 14.8. The number of aryl methyl sites for hydroxylation is 1. The number of nitrogens with one attached hydrogen (secondary N) is 1. The number of carboxylic acid groups (broad SMARTS) is 1. The highest BCUT2D eigenvalue weighted by atomic mass is 16.4. The Morgan fingerprint density at radius 1 is 1.10 bits per heavy atom. The average Bonchev–Trinajstić information content (AvgIpc) is 2.49. The molecule has 4 heteroatoms. The summed E-state index contributed by atoms with van der Waals surface area (Å²) in [5.41, 5.74) is 2.83. The van der Waals surface area contributed by atoms with E-state index in [1.807, 2.05) is 13.0 Å². The number of benzene rings is 2. The molecular weight excluding hydrogens is 266 g/mol. The third-order valence-corrected chi connectivity index (χ3v) is 3.44. The Balaban J connectivity index is 2.41. The van der Waals surface area contributed by atoms with Gasteiger partial charge in [0.2, 0.25) is 0 Å². The Labute approximate surface area is 123 Å². The lowest BCUT2D eigenvalue weighted by molar-refractivity contribution is 0.0695. The third-order valence-electron chi connectivity index (χ3n) is 3.44. The van der Waals surface area contributed by atoms with Crippen molar-refractivity contribution in [1.82, 2.24) is 0 Å². The summed E-state index contributed by atoms with van der Waals surface area (Å²) in [6.45, 7) is 3.68. The van der Waals surface area contributed by atoms with Gasteiger partial charge in [-0.3, -0.25) is 4.79 Å². The highest BCUT2D eigenvalue weighted by Gasteiger charge is 2.16. The number of amides is 1. The maximum Gasteiger partial charge on any atom is 0.336 e. The molecule has 1 amide bonds. The van der Waals surface area contributed by atoms with E-state index < -0.39 is 5.97 Å². The van der Waals surface area contributed by atoms with E-state index in [4.69, 9.17) is 0 Å². The van der Waals surface area contributed by atoms with E-state index in [2.05, 4.69) is 5.32 Å². The van der Waals surface area contributed by atoms with Crippen molar-refractivity contribution < 1.29 is 14.7 Å². The van der Waals surface area contributed by atoms with Gasteiger partial charge in [0.1, 0.15) is 0 Å². The van der Waals surface area contributed by atoms with Gasteiger partial charge < -0.3 is 10.4 Å². The molecule has 4 nitrogen and oxygen atoms in total. The Bertz CT molecular complexity index is 678. The van der Waals surface area contributed by atoms with Gasteiger partial charge in [-0.2, -0.15) is 0 Å². The lowest BCUT2D eigenvalue weighted by atomic mass is 10.00. The largest absolute Gasteiger partial charge is 0.478 e. The van der Waals surface area contributed by atoms with Gasteiger partial charge in [-0.25, -0.2) is 4.79 Å². The predicted octanol–water partition coefficient (Wildman–Crippen LogP) is 3.51. The van der Waals surface area contributed by atoms with Crippen LogP contribution in [0.5, 0.6) is 0 Å². The molecule has 2 N–H and O–H groups in total. The predicted molar refractivity (Wildman–Crippen MR) is 81.9 cm³/mol. The van der Waals surface area contributed by atoms with E-state index >= 15 is 0 Å². The zero-order chi connectivity index (χ0) is 15.4. The molecule has 0 bridgehead atoms. The fourth-order valence-corrected chi connectivity index (χ4v) is 2.24. The van der Waals surface area contributed by atoms with Crippen LogP contribution < -0.4 is 5.32 Å². The standard InChI is InChI=1S/C17H17NO3/c1-3-12-9-10-14(17(20)21)11(2)15(12)18-16(19)13-7-5-4-6-8-13/h4-10H,3H2,1-2H3,(H,18,19)(H,20,21).